The Morgan fingerprint density at radius 1 is 0.478 bits per heavy atom. The lowest BCUT2D eigenvalue weighted by Crippen LogP contribution is -2.25. The van der Waals surface area contributed by atoms with Gasteiger partial charge in [-0.25, -0.2) is 0 Å². The van der Waals surface area contributed by atoms with Gasteiger partial charge in [-0.2, -0.15) is 0 Å². The maximum absolute atomic E-state index is 6.97. The molecule has 1 aromatic heterocycles. The van der Waals surface area contributed by atoms with Gasteiger partial charge in [-0.3, -0.25) is 0 Å². The van der Waals surface area contributed by atoms with E-state index < -0.39 is 5.41 Å². The van der Waals surface area contributed by atoms with E-state index in [-0.39, 0.29) is 5.92 Å². The van der Waals surface area contributed by atoms with Crippen molar-refractivity contribution < 1.29 is 4.42 Å². The van der Waals surface area contributed by atoms with Crippen molar-refractivity contribution in [2.45, 2.75) is 18.3 Å². The molecule has 0 aliphatic heterocycles. The molecule has 7 aromatic carbocycles. The van der Waals surface area contributed by atoms with Crippen LogP contribution in [0, 0.1) is 0 Å². The number of benzene rings is 7. The van der Waals surface area contributed by atoms with Crippen LogP contribution in [0.25, 0.3) is 55.1 Å². The Kier molecular flexibility index (Phi) is 5.25. The normalized spacial score (nSPS) is 14.3. The summed E-state index contributed by atoms with van der Waals surface area (Å²) in [6.07, 6.45) is 0. The monoisotopic (exact) mass is 586 g/mol. The first-order valence-electron chi connectivity index (χ1n) is 16.2. The molecule has 1 spiro atoms. The van der Waals surface area contributed by atoms with Crippen LogP contribution < -0.4 is 0 Å². The lowest BCUT2D eigenvalue weighted by Gasteiger charge is -2.28. The van der Waals surface area contributed by atoms with Crippen LogP contribution in [0.3, 0.4) is 0 Å². The van der Waals surface area contributed by atoms with Crippen LogP contribution in [-0.4, -0.2) is 0 Å². The van der Waals surface area contributed by atoms with Crippen LogP contribution in [0.5, 0.6) is 0 Å². The van der Waals surface area contributed by atoms with Crippen LogP contribution in [0.2, 0.25) is 0 Å². The van der Waals surface area contributed by atoms with E-state index in [0.29, 0.717) is 0 Å². The topological polar surface area (TPSA) is 13.1 Å². The fourth-order valence-corrected chi connectivity index (χ4v) is 8.58. The van der Waals surface area contributed by atoms with Crippen molar-refractivity contribution in [1.29, 1.82) is 0 Å². The summed E-state index contributed by atoms with van der Waals surface area (Å²) < 4.78 is 6.97. The summed E-state index contributed by atoms with van der Waals surface area (Å²) in [7, 11) is 0. The van der Waals surface area contributed by atoms with Gasteiger partial charge >= 0.3 is 0 Å². The van der Waals surface area contributed by atoms with E-state index in [0.717, 1.165) is 11.3 Å². The van der Waals surface area contributed by atoms with Crippen molar-refractivity contribution in [1.82, 2.24) is 0 Å². The second-order valence-electron chi connectivity index (χ2n) is 12.8. The van der Waals surface area contributed by atoms with Gasteiger partial charge in [0.1, 0.15) is 16.8 Å². The van der Waals surface area contributed by atoms with Crippen molar-refractivity contribution in [3.63, 3.8) is 0 Å². The molecule has 1 unspecified atom stereocenters. The van der Waals surface area contributed by atoms with E-state index in [1.54, 1.807) is 0 Å². The van der Waals surface area contributed by atoms with Gasteiger partial charge < -0.3 is 4.42 Å². The van der Waals surface area contributed by atoms with Crippen LogP contribution in [0.4, 0.5) is 0 Å². The third-order valence-corrected chi connectivity index (χ3v) is 10.6. The molecule has 2 aliphatic carbocycles. The molecule has 0 saturated carbocycles. The number of para-hydroxylation sites is 1. The van der Waals surface area contributed by atoms with E-state index in [1.807, 2.05) is 0 Å². The number of fused-ring (bicyclic) bond motifs is 13. The molecule has 46 heavy (non-hydrogen) atoms. The van der Waals surface area contributed by atoms with Gasteiger partial charge in [0.15, 0.2) is 0 Å². The Morgan fingerprint density at radius 3 is 1.85 bits per heavy atom. The van der Waals surface area contributed by atoms with Crippen molar-refractivity contribution in [3.8, 4) is 33.4 Å². The molecule has 0 bridgehead atoms. The average molecular weight is 587 g/mol. The SMILES string of the molecule is CC(c1ccc(-c2cccc3c2-c2c(oc4ccccc24)C32c3ccccc3-c3ccccc32)cc1)c1cccc2ccccc12. The van der Waals surface area contributed by atoms with Crippen LogP contribution in [-0.2, 0) is 5.41 Å². The molecule has 0 amide bonds. The third kappa shape index (κ3) is 3.25. The van der Waals surface area contributed by atoms with E-state index >= 15 is 0 Å². The first-order chi connectivity index (χ1) is 22.7. The minimum absolute atomic E-state index is 0.279. The molecule has 8 aromatic rings. The van der Waals surface area contributed by atoms with Crippen LogP contribution in [0.15, 0.2) is 162 Å². The van der Waals surface area contributed by atoms with E-state index in [9.17, 15) is 0 Å². The molecule has 1 heterocycles. The highest BCUT2D eigenvalue weighted by atomic mass is 16.3. The molecule has 1 heteroatoms. The number of hydrogen-bond acceptors (Lipinski definition) is 1. The summed E-state index contributed by atoms with van der Waals surface area (Å²) in [6.45, 7) is 2.32. The number of furan rings is 1. The molecular formula is C45H30O. The Hall–Kier alpha value is -5.66. The molecule has 10 rings (SSSR count). The zero-order chi connectivity index (χ0) is 30.4. The van der Waals surface area contributed by atoms with E-state index in [1.165, 1.54) is 77.4 Å². The minimum Gasteiger partial charge on any atom is -0.459 e. The zero-order valence-corrected chi connectivity index (χ0v) is 25.5. The molecule has 0 saturated heterocycles. The van der Waals surface area contributed by atoms with Gasteiger partial charge in [-0.1, -0.05) is 159 Å². The van der Waals surface area contributed by atoms with Gasteiger partial charge in [0.05, 0.1) is 0 Å². The molecular weight excluding hydrogens is 556 g/mol. The summed E-state index contributed by atoms with van der Waals surface area (Å²) in [5.41, 5.74) is 14.6. The molecule has 0 fully saturated rings. The first-order valence-corrected chi connectivity index (χ1v) is 16.2. The fraction of sp³-hybridized carbons (Fsp3) is 0.0667. The van der Waals surface area contributed by atoms with Crippen molar-refractivity contribution in [2.24, 2.45) is 0 Å². The van der Waals surface area contributed by atoms with Crippen molar-refractivity contribution >= 4 is 21.7 Å². The molecule has 0 radical (unpaired) electrons. The Labute approximate surface area is 268 Å². The van der Waals surface area contributed by atoms with Gasteiger partial charge in [-0.15, -0.1) is 0 Å². The van der Waals surface area contributed by atoms with Crippen LogP contribution >= 0.6 is 0 Å². The molecule has 2 aliphatic rings. The Bertz CT molecular complexity index is 2440. The zero-order valence-electron chi connectivity index (χ0n) is 25.5. The predicted octanol–water partition coefficient (Wildman–Crippen LogP) is 11.7. The lowest BCUT2D eigenvalue weighted by atomic mass is 9.73. The minimum atomic E-state index is -0.504. The van der Waals surface area contributed by atoms with Gasteiger partial charge in [0.25, 0.3) is 0 Å². The van der Waals surface area contributed by atoms with Gasteiger partial charge in [-0.05, 0) is 72.5 Å². The smallest absolute Gasteiger partial charge is 0.135 e. The highest BCUT2D eigenvalue weighted by molar-refractivity contribution is 6.08. The summed E-state index contributed by atoms with van der Waals surface area (Å²) in [5.74, 6) is 1.32. The highest BCUT2D eigenvalue weighted by Gasteiger charge is 2.55. The second kappa shape index (κ2) is 9.42. The average Bonchev–Trinajstić information content (AvgIpc) is 3.75. The first kappa shape index (κ1) is 25.6. The molecule has 1 atom stereocenters. The second-order valence-corrected chi connectivity index (χ2v) is 12.8. The Balaban J connectivity index is 1.20. The van der Waals surface area contributed by atoms with E-state index in [4.69, 9.17) is 4.42 Å². The predicted molar refractivity (Wildman–Crippen MR) is 189 cm³/mol. The third-order valence-electron chi connectivity index (χ3n) is 10.6. The maximum Gasteiger partial charge on any atom is 0.135 e. The van der Waals surface area contributed by atoms with Crippen molar-refractivity contribution in [3.05, 3.63) is 191 Å². The lowest BCUT2D eigenvalue weighted by molar-refractivity contribution is 0.507. The highest BCUT2D eigenvalue weighted by Crippen LogP contribution is 2.65. The van der Waals surface area contributed by atoms with Crippen molar-refractivity contribution in [2.75, 3.05) is 0 Å². The van der Waals surface area contributed by atoms with Gasteiger partial charge in [0.2, 0.25) is 0 Å². The number of hydrogen-bond donors (Lipinski definition) is 0. The fourth-order valence-electron chi connectivity index (χ4n) is 8.58. The van der Waals surface area contributed by atoms with Gasteiger partial charge in [0, 0.05) is 16.9 Å². The maximum atomic E-state index is 6.97. The Morgan fingerprint density at radius 2 is 1.07 bits per heavy atom. The molecule has 216 valence electrons. The molecule has 1 nitrogen and oxygen atoms in total. The summed E-state index contributed by atoms with van der Waals surface area (Å²) in [4.78, 5) is 0. The molecule has 0 N–H and O–H groups in total. The summed E-state index contributed by atoms with van der Waals surface area (Å²) in [5, 5.41) is 3.78. The standard InChI is InChI=1S/C45H30O/c1-28(32-18-10-13-30-12-2-3-14-33(30)32)29-24-26-31(27-25-29)34-19-11-22-40-42(34)43-37-17-6-9-23-41(37)46-44(43)45(40)38-20-7-4-15-35(38)36-16-5-8-21-39(36)45/h2-28H,1H3. The largest absolute Gasteiger partial charge is 0.459 e. The summed E-state index contributed by atoms with van der Waals surface area (Å²) >= 11 is 0. The van der Waals surface area contributed by atoms with E-state index in [2.05, 4.69) is 165 Å². The van der Waals surface area contributed by atoms with Crippen LogP contribution in [0.1, 0.15) is 46.4 Å². The number of rotatable bonds is 3. The summed E-state index contributed by atoms with van der Waals surface area (Å²) in [6, 6.07) is 57.8. The quantitative estimate of drug-likeness (QED) is 0.201.